The lowest BCUT2D eigenvalue weighted by atomic mass is 9.93. The number of hydrogen-bond acceptors (Lipinski definition) is 2. The van der Waals surface area contributed by atoms with Gasteiger partial charge in [0, 0.05) is 49.9 Å². The van der Waals surface area contributed by atoms with Crippen LogP contribution in [0, 0.1) is 0 Å². The van der Waals surface area contributed by atoms with Gasteiger partial charge in [-0.25, -0.2) is 0 Å². The highest BCUT2D eigenvalue weighted by molar-refractivity contribution is 6.15. The number of benzene rings is 11. The largest absolute Gasteiger partial charge is 0.455 e. The number of furan rings is 1. The minimum atomic E-state index is -1.48. The van der Waals surface area contributed by atoms with Crippen LogP contribution in [0.2, 0.25) is 0 Å². The van der Waals surface area contributed by atoms with E-state index in [4.69, 9.17) is 35.9 Å². The van der Waals surface area contributed by atoms with E-state index in [2.05, 4.69) is 0 Å². The van der Waals surface area contributed by atoms with Gasteiger partial charge in [-0.15, -0.1) is 0 Å². The summed E-state index contributed by atoms with van der Waals surface area (Å²) in [5.74, 6) is 0. The molecule has 13 rings (SSSR count). The second-order valence-electron chi connectivity index (χ2n) is 13.8. The third-order valence-corrected chi connectivity index (χ3v) is 10.2. The van der Waals surface area contributed by atoms with Crippen molar-refractivity contribution in [3.8, 4) is 39.1 Å². The van der Waals surface area contributed by atoms with E-state index in [9.17, 15) is 23.3 Å². The molecule has 0 spiro atoms. The van der Waals surface area contributed by atoms with Gasteiger partial charge in [-0.05, 0) is 122 Å². The van der Waals surface area contributed by atoms with Crippen molar-refractivity contribution in [2.75, 3.05) is 4.90 Å². The van der Waals surface area contributed by atoms with Gasteiger partial charge < -0.3 is 13.9 Å². The molecule has 0 aliphatic carbocycles. The lowest BCUT2D eigenvalue weighted by Crippen LogP contribution is -2.10. The molecular formula is C62H40N2O. The van der Waals surface area contributed by atoms with Gasteiger partial charge in [-0.3, -0.25) is 0 Å². The quantitative estimate of drug-likeness (QED) is 0.149. The summed E-state index contributed by atoms with van der Waals surface area (Å²) in [5.41, 5.74) is -14.6. The Morgan fingerprint density at radius 2 is 0.846 bits per heavy atom. The molecule has 0 saturated heterocycles. The number of nitrogens with zero attached hydrogens (tertiary/aromatic N) is 2. The van der Waals surface area contributed by atoms with Crippen molar-refractivity contribution in [1.82, 2.24) is 4.57 Å². The maximum atomic E-state index is 10.5. The summed E-state index contributed by atoms with van der Waals surface area (Å²) >= 11 is 0. The lowest BCUT2D eigenvalue weighted by Gasteiger charge is -2.27. The smallest absolute Gasteiger partial charge is 0.143 e. The Labute approximate surface area is 432 Å². The molecule has 0 bridgehead atoms. The standard InChI is InChI=1S/C62H40N2O/c1-2-14-41(15-3-1)42-26-32-46(33-27-42)63(47-34-28-43(29-35-47)56-38-45-16-4-5-17-50(45)51-18-6-7-19-52(51)56)49-39-57(62-58(40-49)55-22-10-13-25-61(55)65-62)44-30-36-48(37-31-44)64-59-23-11-8-20-53(59)54-21-9-12-24-60(54)64/h1-40H/i1D,2D,3D,4D,5D,6D,7D,8D,9D,10D,11D,12D,13D,14D,15D,16D,17D,18D,19D,20D,21D,22D,23D,24D,25D,26D,27D,28D,29D,30D,31D,32D,33D,34D,35D,36D,37D,38D,39D,40D. The van der Waals surface area contributed by atoms with Crippen LogP contribution < -0.4 is 4.90 Å². The van der Waals surface area contributed by atoms with Crippen molar-refractivity contribution in [3.05, 3.63) is 242 Å². The topological polar surface area (TPSA) is 21.3 Å². The molecule has 0 aliphatic heterocycles. The highest BCUT2D eigenvalue weighted by atomic mass is 16.3. The number of para-hydroxylation sites is 3. The minimum absolute atomic E-state index is 0.209. The van der Waals surface area contributed by atoms with Gasteiger partial charge >= 0.3 is 0 Å². The zero-order valence-corrected chi connectivity index (χ0v) is 32.3. The molecule has 11 aromatic carbocycles. The average Bonchev–Trinajstić information content (AvgIpc) is 1.68. The van der Waals surface area contributed by atoms with Crippen molar-refractivity contribution >= 4 is 82.4 Å². The molecule has 0 saturated carbocycles. The highest BCUT2D eigenvalue weighted by Crippen LogP contribution is 2.45. The van der Waals surface area contributed by atoms with E-state index in [-0.39, 0.29) is 4.90 Å². The van der Waals surface area contributed by atoms with Crippen molar-refractivity contribution in [1.29, 1.82) is 0 Å². The van der Waals surface area contributed by atoms with E-state index in [1.807, 2.05) is 0 Å². The van der Waals surface area contributed by atoms with Crippen molar-refractivity contribution < 1.29 is 59.2 Å². The molecule has 13 aromatic rings. The van der Waals surface area contributed by atoms with Gasteiger partial charge in [0.1, 0.15) is 11.2 Å². The summed E-state index contributed by atoms with van der Waals surface area (Å²) in [4.78, 5) is 0.209. The summed E-state index contributed by atoms with van der Waals surface area (Å²) in [6.45, 7) is 0. The first kappa shape index (κ1) is 14.7. The fourth-order valence-electron chi connectivity index (χ4n) is 7.37. The molecule has 2 aromatic heterocycles. The molecular weight excluding hydrogens is 789 g/mol. The summed E-state index contributed by atoms with van der Waals surface area (Å²) in [6.07, 6.45) is 0. The molecule has 3 heteroatoms. The fraction of sp³-hybridized carbons (Fsp3) is 0. The number of anilines is 3. The molecule has 65 heavy (non-hydrogen) atoms. The van der Waals surface area contributed by atoms with Crippen LogP contribution in [0.1, 0.15) is 54.8 Å². The maximum absolute atomic E-state index is 10.5. The van der Waals surface area contributed by atoms with Crippen LogP contribution in [-0.4, -0.2) is 4.57 Å². The molecule has 0 amide bonds. The first-order chi connectivity index (χ1) is 48.9. The predicted molar refractivity (Wildman–Crippen MR) is 274 cm³/mol. The van der Waals surface area contributed by atoms with Gasteiger partial charge in [0.2, 0.25) is 0 Å². The van der Waals surface area contributed by atoms with Gasteiger partial charge in [-0.2, -0.15) is 0 Å². The molecule has 0 fully saturated rings. The molecule has 3 nitrogen and oxygen atoms in total. The second-order valence-corrected chi connectivity index (χ2v) is 13.8. The summed E-state index contributed by atoms with van der Waals surface area (Å²) in [7, 11) is 0. The molecule has 0 atom stereocenters. The van der Waals surface area contributed by atoms with Crippen molar-refractivity contribution in [2.45, 2.75) is 0 Å². The Balaban J connectivity index is 1.25. The highest BCUT2D eigenvalue weighted by Gasteiger charge is 2.21. The number of fused-ring (bicyclic) bond motifs is 9. The predicted octanol–water partition coefficient (Wildman–Crippen LogP) is 17.5. The van der Waals surface area contributed by atoms with Crippen LogP contribution in [0.15, 0.2) is 246 Å². The zero-order valence-electron chi connectivity index (χ0n) is 72.3. The Morgan fingerprint density at radius 1 is 0.338 bits per heavy atom. The van der Waals surface area contributed by atoms with Gasteiger partial charge in [0.25, 0.3) is 0 Å². The average molecular weight is 869 g/mol. The van der Waals surface area contributed by atoms with E-state index in [1.165, 1.54) is 0 Å². The Kier molecular flexibility index (Phi) is 3.39. The van der Waals surface area contributed by atoms with Crippen LogP contribution in [0.5, 0.6) is 0 Å². The first-order valence-corrected chi connectivity index (χ1v) is 19.0. The van der Waals surface area contributed by atoms with Crippen LogP contribution >= 0.6 is 0 Å². The molecule has 0 aliphatic rings. The number of rotatable bonds is 7. The van der Waals surface area contributed by atoms with E-state index >= 15 is 0 Å². The Hall–Kier alpha value is -8.66. The van der Waals surface area contributed by atoms with E-state index in [0.717, 1.165) is 0 Å². The summed E-state index contributed by atoms with van der Waals surface area (Å²) in [5, 5.41) is -5.80. The Morgan fingerprint density at radius 3 is 1.54 bits per heavy atom. The molecule has 0 unspecified atom stereocenters. The zero-order chi connectivity index (χ0) is 77.7. The summed E-state index contributed by atoms with van der Waals surface area (Å²) in [6, 6.07) is -44.8. The summed E-state index contributed by atoms with van der Waals surface area (Å²) < 4.78 is 376. The maximum Gasteiger partial charge on any atom is 0.143 e. The lowest BCUT2D eigenvalue weighted by molar-refractivity contribution is 0.670. The third kappa shape index (κ3) is 6.12. The van der Waals surface area contributed by atoms with E-state index < -0.39 is 363 Å². The first-order valence-electron chi connectivity index (χ1n) is 39.0. The van der Waals surface area contributed by atoms with Crippen molar-refractivity contribution in [3.63, 3.8) is 0 Å². The Bertz CT molecular complexity index is 6160. The number of hydrogen-bond donors (Lipinski definition) is 0. The SMILES string of the molecule is [2H]c1c([2H])c([2H])c(-c2c([2H])c([2H])c(N(c3c([2H])c([2H])c(-c4c([2H])c5c([2H])c([2H])c([2H])c([2H])c5c5c([2H])c([2H])c([2H])c([2H])c45)c([2H])c3[2H])c3c([2H])c(-c4c([2H])c([2H])c(-n5c6c([2H])c([2H])c([2H])c([2H])c6c6c([2H])c([2H])c([2H])c([2H])c65)c([2H])c4[2H])c4oc5c([2H])c([2H])c([2H])c([2H])c5c4c3[2H])c([2H])c2[2H])c([2H])c1[2H]. The van der Waals surface area contributed by atoms with Gasteiger partial charge in [0.15, 0.2) is 0 Å². The van der Waals surface area contributed by atoms with Crippen molar-refractivity contribution in [2.24, 2.45) is 0 Å². The van der Waals surface area contributed by atoms with Gasteiger partial charge in [-0.1, -0.05) is 169 Å². The molecule has 0 N–H and O–H groups in total. The van der Waals surface area contributed by atoms with Gasteiger partial charge in [0.05, 0.1) is 65.9 Å². The van der Waals surface area contributed by atoms with Crippen LogP contribution in [-0.2, 0) is 0 Å². The van der Waals surface area contributed by atoms with E-state index in [0.29, 0.717) is 4.57 Å². The third-order valence-electron chi connectivity index (χ3n) is 10.2. The minimum Gasteiger partial charge on any atom is -0.455 e. The molecule has 2 heterocycles. The number of aromatic nitrogens is 1. The van der Waals surface area contributed by atoms with Crippen LogP contribution in [0.3, 0.4) is 0 Å². The monoisotopic (exact) mass is 869 g/mol. The second kappa shape index (κ2) is 15.0. The van der Waals surface area contributed by atoms with E-state index in [1.54, 1.807) is 0 Å². The molecule has 304 valence electrons. The molecule has 0 radical (unpaired) electrons. The normalized spacial score (nSPS) is 20.3. The fourth-order valence-corrected chi connectivity index (χ4v) is 7.37. The van der Waals surface area contributed by atoms with Crippen LogP contribution in [0.25, 0.3) is 104 Å². The van der Waals surface area contributed by atoms with Crippen LogP contribution in [0.4, 0.5) is 17.1 Å².